The van der Waals surface area contributed by atoms with Crippen molar-refractivity contribution in [3.8, 4) is 0 Å². The summed E-state index contributed by atoms with van der Waals surface area (Å²) in [6.07, 6.45) is 0.369. The number of nitrogens with two attached hydrogens (primary N) is 1. The van der Waals surface area contributed by atoms with Gasteiger partial charge in [-0.3, -0.25) is 4.79 Å². The highest BCUT2D eigenvalue weighted by Crippen LogP contribution is 2.21. The fourth-order valence-corrected chi connectivity index (χ4v) is 1.54. The molecule has 1 aromatic rings. The summed E-state index contributed by atoms with van der Waals surface area (Å²) in [4.78, 5) is 13.8. The van der Waals surface area contributed by atoms with Crippen LogP contribution in [0.5, 0.6) is 0 Å². The number of amides is 1. The second kappa shape index (κ2) is 5.53. The van der Waals surface area contributed by atoms with E-state index in [4.69, 9.17) is 5.73 Å². The Bertz CT molecular complexity index is 403. The van der Waals surface area contributed by atoms with Crippen molar-refractivity contribution in [3.63, 3.8) is 0 Å². The van der Waals surface area contributed by atoms with Gasteiger partial charge >= 0.3 is 0 Å². The van der Waals surface area contributed by atoms with Crippen LogP contribution >= 0.6 is 0 Å². The molecule has 1 amide bonds. The number of carbonyl (C=O) groups is 1. The van der Waals surface area contributed by atoms with Crippen molar-refractivity contribution in [2.45, 2.75) is 40.2 Å². The van der Waals surface area contributed by atoms with Gasteiger partial charge in [0.25, 0.3) is 0 Å². The molecule has 2 N–H and O–H groups in total. The van der Waals surface area contributed by atoms with Crippen molar-refractivity contribution < 1.29 is 4.79 Å². The molecule has 0 heterocycles. The predicted molar refractivity (Wildman–Crippen MR) is 76.6 cm³/mol. The summed E-state index contributed by atoms with van der Waals surface area (Å²) < 4.78 is 0. The summed E-state index contributed by atoms with van der Waals surface area (Å²) in [6.45, 7) is 8.19. The Morgan fingerprint density at radius 2 is 1.78 bits per heavy atom. The lowest BCUT2D eigenvalue weighted by atomic mass is 9.85. The number of anilines is 1. The lowest BCUT2D eigenvalue weighted by Crippen LogP contribution is -2.40. The second-order valence-corrected chi connectivity index (χ2v) is 5.96. The van der Waals surface area contributed by atoms with Crippen LogP contribution in [0, 0.1) is 12.3 Å². The highest BCUT2D eigenvalue weighted by atomic mass is 16.2. The van der Waals surface area contributed by atoms with Crippen LogP contribution in [0.2, 0.25) is 0 Å². The molecule has 100 valence electrons. The zero-order chi connectivity index (χ0) is 13.9. The third-order valence-electron chi connectivity index (χ3n) is 3.30. The van der Waals surface area contributed by atoms with Gasteiger partial charge in [-0.25, -0.2) is 0 Å². The van der Waals surface area contributed by atoms with Crippen LogP contribution in [0.4, 0.5) is 5.69 Å². The predicted octanol–water partition coefficient (Wildman–Crippen LogP) is 2.72. The fourth-order valence-electron chi connectivity index (χ4n) is 1.54. The smallest absolute Gasteiger partial charge is 0.228 e. The summed E-state index contributed by atoms with van der Waals surface area (Å²) in [6, 6.07) is 7.79. The van der Waals surface area contributed by atoms with Crippen molar-refractivity contribution in [2.75, 3.05) is 11.9 Å². The van der Waals surface area contributed by atoms with Crippen LogP contribution in [-0.2, 0) is 4.79 Å². The van der Waals surface area contributed by atoms with E-state index < -0.39 is 0 Å². The Morgan fingerprint density at radius 3 is 2.22 bits per heavy atom. The number of hydrogen-bond acceptors (Lipinski definition) is 2. The van der Waals surface area contributed by atoms with Gasteiger partial charge < -0.3 is 10.6 Å². The highest BCUT2D eigenvalue weighted by molar-refractivity contribution is 5.93. The van der Waals surface area contributed by atoms with Crippen LogP contribution in [0.3, 0.4) is 0 Å². The van der Waals surface area contributed by atoms with E-state index in [1.165, 1.54) is 5.56 Å². The first-order chi connectivity index (χ1) is 8.21. The minimum absolute atomic E-state index is 0.0518. The van der Waals surface area contributed by atoms with E-state index in [1.807, 2.05) is 31.2 Å². The van der Waals surface area contributed by atoms with Crippen LogP contribution in [0.15, 0.2) is 24.3 Å². The van der Waals surface area contributed by atoms with Crippen molar-refractivity contribution in [1.29, 1.82) is 0 Å². The number of rotatable bonds is 3. The van der Waals surface area contributed by atoms with Gasteiger partial charge in [0.1, 0.15) is 0 Å². The third kappa shape index (κ3) is 3.84. The number of carbonyl (C=O) groups excluding carboxylic acids is 1. The topological polar surface area (TPSA) is 46.3 Å². The SMILES string of the molecule is Cc1ccc(N(C)C(=O)CC(N)C(C)(C)C)cc1. The maximum Gasteiger partial charge on any atom is 0.228 e. The van der Waals surface area contributed by atoms with Crippen molar-refractivity contribution >= 4 is 11.6 Å². The minimum Gasteiger partial charge on any atom is -0.327 e. The molecule has 3 heteroatoms. The molecule has 18 heavy (non-hydrogen) atoms. The summed E-state index contributed by atoms with van der Waals surface area (Å²) in [5.41, 5.74) is 8.09. The van der Waals surface area contributed by atoms with Crippen LogP contribution < -0.4 is 10.6 Å². The summed E-state index contributed by atoms with van der Waals surface area (Å²) in [5, 5.41) is 0. The Morgan fingerprint density at radius 1 is 1.28 bits per heavy atom. The molecular formula is C15H24N2O. The number of benzene rings is 1. The van der Waals surface area contributed by atoms with Gasteiger partial charge in [0.15, 0.2) is 0 Å². The zero-order valence-electron chi connectivity index (χ0n) is 12.0. The summed E-state index contributed by atoms with van der Waals surface area (Å²) >= 11 is 0. The number of aryl methyl sites for hydroxylation is 1. The third-order valence-corrected chi connectivity index (χ3v) is 3.30. The zero-order valence-corrected chi connectivity index (χ0v) is 12.0. The van der Waals surface area contributed by atoms with E-state index in [9.17, 15) is 4.79 Å². The Hall–Kier alpha value is -1.35. The standard InChI is InChI=1S/C15H24N2O/c1-11-6-8-12(9-7-11)17(5)14(18)10-13(16)15(2,3)4/h6-9,13H,10,16H2,1-5H3. The van der Waals surface area contributed by atoms with Gasteiger partial charge in [0.05, 0.1) is 0 Å². The molecule has 0 saturated carbocycles. The first-order valence-electron chi connectivity index (χ1n) is 6.30. The van der Waals surface area contributed by atoms with Crippen LogP contribution in [0.25, 0.3) is 0 Å². The van der Waals surface area contributed by atoms with Crippen molar-refractivity contribution in [3.05, 3.63) is 29.8 Å². The monoisotopic (exact) mass is 248 g/mol. The maximum absolute atomic E-state index is 12.1. The summed E-state index contributed by atoms with van der Waals surface area (Å²) in [7, 11) is 1.79. The lowest BCUT2D eigenvalue weighted by Gasteiger charge is -2.28. The van der Waals surface area contributed by atoms with Crippen molar-refractivity contribution in [2.24, 2.45) is 11.1 Å². The molecule has 0 aliphatic heterocycles. The van der Waals surface area contributed by atoms with E-state index in [0.717, 1.165) is 5.69 Å². The van der Waals surface area contributed by atoms with E-state index in [2.05, 4.69) is 20.8 Å². The number of hydrogen-bond donors (Lipinski definition) is 1. The van der Waals surface area contributed by atoms with E-state index in [0.29, 0.717) is 6.42 Å². The maximum atomic E-state index is 12.1. The van der Waals surface area contributed by atoms with Gasteiger partial charge in [-0.05, 0) is 24.5 Å². The molecule has 1 atom stereocenters. The number of nitrogens with zero attached hydrogens (tertiary/aromatic N) is 1. The Labute approximate surface area is 110 Å². The van der Waals surface area contributed by atoms with Gasteiger partial charge in [0.2, 0.25) is 5.91 Å². The van der Waals surface area contributed by atoms with Gasteiger partial charge in [-0.1, -0.05) is 38.5 Å². The largest absolute Gasteiger partial charge is 0.327 e. The normalized spacial score (nSPS) is 13.2. The van der Waals surface area contributed by atoms with Crippen molar-refractivity contribution in [1.82, 2.24) is 0 Å². The molecule has 1 aromatic carbocycles. The molecule has 0 aliphatic rings. The second-order valence-electron chi connectivity index (χ2n) is 5.96. The summed E-state index contributed by atoms with van der Waals surface area (Å²) in [5.74, 6) is 0.0567. The van der Waals surface area contributed by atoms with E-state index in [1.54, 1.807) is 11.9 Å². The molecular weight excluding hydrogens is 224 g/mol. The first-order valence-corrected chi connectivity index (χ1v) is 6.30. The average Bonchev–Trinajstić information content (AvgIpc) is 2.27. The van der Waals surface area contributed by atoms with Crippen LogP contribution in [0.1, 0.15) is 32.8 Å². The molecule has 3 nitrogen and oxygen atoms in total. The molecule has 0 aliphatic carbocycles. The molecule has 0 saturated heterocycles. The Balaban J connectivity index is 2.70. The van der Waals surface area contributed by atoms with Crippen LogP contribution in [-0.4, -0.2) is 19.0 Å². The minimum atomic E-state index is -0.127. The molecule has 1 unspecified atom stereocenters. The first kappa shape index (κ1) is 14.7. The molecule has 0 radical (unpaired) electrons. The van der Waals surface area contributed by atoms with E-state index in [-0.39, 0.29) is 17.4 Å². The molecule has 0 aromatic heterocycles. The lowest BCUT2D eigenvalue weighted by molar-refractivity contribution is -0.119. The molecule has 0 spiro atoms. The quantitative estimate of drug-likeness (QED) is 0.894. The molecule has 1 rings (SSSR count). The fraction of sp³-hybridized carbons (Fsp3) is 0.533. The van der Waals surface area contributed by atoms with E-state index >= 15 is 0 Å². The highest BCUT2D eigenvalue weighted by Gasteiger charge is 2.24. The van der Waals surface area contributed by atoms with Gasteiger partial charge in [-0.2, -0.15) is 0 Å². The molecule has 0 bridgehead atoms. The Kier molecular flexibility index (Phi) is 4.52. The van der Waals surface area contributed by atoms with Gasteiger partial charge in [-0.15, -0.1) is 0 Å². The average molecular weight is 248 g/mol. The molecule has 0 fully saturated rings. The van der Waals surface area contributed by atoms with Gasteiger partial charge in [0, 0.05) is 25.2 Å².